The van der Waals surface area contributed by atoms with Crippen LogP contribution in [0.5, 0.6) is 5.75 Å². The normalized spacial score (nSPS) is 10.5. The molecule has 0 bridgehead atoms. The number of hydrogen-bond acceptors (Lipinski definition) is 4. The first-order chi connectivity index (χ1) is 9.15. The van der Waals surface area contributed by atoms with Crippen LogP contribution in [-0.4, -0.2) is 22.1 Å². The first kappa shape index (κ1) is 13.3. The SMILES string of the molecule is C=C(C)Cn1nnc(CN)c1-c1cccc(OC)c1. The third-order valence-corrected chi connectivity index (χ3v) is 2.76. The average Bonchev–Trinajstić information content (AvgIpc) is 2.80. The lowest BCUT2D eigenvalue weighted by Crippen LogP contribution is -2.05. The fourth-order valence-electron chi connectivity index (χ4n) is 1.94. The van der Waals surface area contributed by atoms with Gasteiger partial charge in [0.1, 0.15) is 11.4 Å². The Morgan fingerprint density at radius 3 is 2.89 bits per heavy atom. The van der Waals surface area contributed by atoms with Crippen molar-refractivity contribution in [2.45, 2.75) is 20.0 Å². The van der Waals surface area contributed by atoms with Gasteiger partial charge >= 0.3 is 0 Å². The molecule has 1 aromatic carbocycles. The van der Waals surface area contributed by atoms with Gasteiger partial charge in [-0.2, -0.15) is 0 Å². The van der Waals surface area contributed by atoms with Crippen LogP contribution in [-0.2, 0) is 13.1 Å². The molecule has 2 N–H and O–H groups in total. The molecule has 0 amide bonds. The molecule has 0 aliphatic carbocycles. The van der Waals surface area contributed by atoms with E-state index in [1.165, 1.54) is 0 Å². The van der Waals surface area contributed by atoms with Gasteiger partial charge in [-0.3, -0.25) is 0 Å². The van der Waals surface area contributed by atoms with Gasteiger partial charge in [0.05, 0.1) is 19.3 Å². The Morgan fingerprint density at radius 1 is 1.47 bits per heavy atom. The number of rotatable bonds is 5. The highest BCUT2D eigenvalue weighted by atomic mass is 16.5. The smallest absolute Gasteiger partial charge is 0.119 e. The Labute approximate surface area is 112 Å². The van der Waals surface area contributed by atoms with Crippen molar-refractivity contribution in [3.63, 3.8) is 0 Å². The molecule has 0 saturated heterocycles. The van der Waals surface area contributed by atoms with Gasteiger partial charge in [-0.15, -0.1) is 5.10 Å². The molecule has 5 heteroatoms. The molecule has 0 saturated carbocycles. The van der Waals surface area contributed by atoms with Gasteiger partial charge in [0, 0.05) is 12.1 Å². The summed E-state index contributed by atoms with van der Waals surface area (Å²) in [6.07, 6.45) is 0. The van der Waals surface area contributed by atoms with E-state index in [1.54, 1.807) is 7.11 Å². The Kier molecular flexibility index (Phi) is 3.97. The Morgan fingerprint density at radius 2 is 2.26 bits per heavy atom. The van der Waals surface area contributed by atoms with E-state index in [0.717, 1.165) is 28.3 Å². The standard InChI is InChI=1S/C14H18N4O/c1-10(2)9-18-14(13(8-15)16-17-18)11-5-4-6-12(7-11)19-3/h4-7H,1,8-9,15H2,2-3H3. The van der Waals surface area contributed by atoms with E-state index in [-0.39, 0.29) is 0 Å². The van der Waals surface area contributed by atoms with Gasteiger partial charge in [-0.25, -0.2) is 4.68 Å². The Bertz CT molecular complexity index is 589. The zero-order valence-corrected chi connectivity index (χ0v) is 11.3. The lowest BCUT2D eigenvalue weighted by atomic mass is 10.1. The van der Waals surface area contributed by atoms with Crippen molar-refractivity contribution < 1.29 is 4.74 Å². The summed E-state index contributed by atoms with van der Waals surface area (Å²) in [5.41, 5.74) is 9.43. The Balaban J connectivity index is 2.51. The van der Waals surface area contributed by atoms with E-state index in [9.17, 15) is 0 Å². The van der Waals surface area contributed by atoms with E-state index in [2.05, 4.69) is 16.9 Å². The molecule has 5 nitrogen and oxygen atoms in total. The maximum Gasteiger partial charge on any atom is 0.119 e. The van der Waals surface area contributed by atoms with Crippen molar-refractivity contribution >= 4 is 0 Å². The number of ether oxygens (including phenoxy) is 1. The molecule has 2 rings (SSSR count). The summed E-state index contributed by atoms with van der Waals surface area (Å²) in [6, 6.07) is 7.78. The van der Waals surface area contributed by atoms with Crippen molar-refractivity contribution in [3.8, 4) is 17.0 Å². The molecule has 0 fully saturated rings. The second-order valence-electron chi connectivity index (χ2n) is 4.44. The van der Waals surface area contributed by atoms with Crippen LogP contribution in [0.4, 0.5) is 0 Å². The molecule has 19 heavy (non-hydrogen) atoms. The third kappa shape index (κ3) is 2.82. The number of nitrogens with two attached hydrogens (primary N) is 1. The van der Waals surface area contributed by atoms with E-state index in [1.807, 2.05) is 35.9 Å². The quantitative estimate of drug-likeness (QED) is 0.833. The van der Waals surface area contributed by atoms with E-state index in [4.69, 9.17) is 10.5 Å². The molecule has 1 heterocycles. The minimum atomic E-state index is 0.350. The zero-order chi connectivity index (χ0) is 13.8. The molecule has 0 unspecified atom stereocenters. The van der Waals surface area contributed by atoms with Crippen molar-refractivity contribution in [1.29, 1.82) is 0 Å². The number of nitrogens with zero attached hydrogens (tertiary/aromatic N) is 3. The molecule has 1 aromatic heterocycles. The molecular formula is C14H18N4O. The number of methoxy groups -OCH3 is 1. The Hall–Kier alpha value is -2.14. The van der Waals surface area contributed by atoms with Crippen LogP contribution in [0.1, 0.15) is 12.6 Å². The molecule has 0 aliphatic rings. The zero-order valence-electron chi connectivity index (χ0n) is 11.3. The van der Waals surface area contributed by atoms with Crippen LogP contribution in [0.3, 0.4) is 0 Å². The summed E-state index contributed by atoms with van der Waals surface area (Å²) in [5.74, 6) is 0.795. The minimum absolute atomic E-state index is 0.350. The summed E-state index contributed by atoms with van der Waals surface area (Å²) in [5, 5.41) is 8.27. The summed E-state index contributed by atoms with van der Waals surface area (Å²) in [6.45, 7) is 6.84. The lowest BCUT2D eigenvalue weighted by molar-refractivity contribution is 0.415. The number of hydrogen-bond donors (Lipinski definition) is 1. The summed E-state index contributed by atoms with van der Waals surface area (Å²) in [4.78, 5) is 0. The predicted molar refractivity (Wildman–Crippen MR) is 74.7 cm³/mol. The first-order valence-electron chi connectivity index (χ1n) is 6.07. The molecule has 0 atom stereocenters. The van der Waals surface area contributed by atoms with Gasteiger partial charge in [0.25, 0.3) is 0 Å². The van der Waals surface area contributed by atoms with Gasteiger partial charge in [-0.1, -0.05) is 29.5 Å². The topological polar surface area (TPSA) is 66.0 Å². The van der Waals surface area contributed by atoms with E-state index < -0.39 is 0 Å². The monoisotopic (exact) mass is 258 g/mol. The van der Waals surface area contributed by atoms with E-state index >= 15 is 0 Å². The average molecular weight is 258 g/mol. The molecule has 0 spiro atoms. The maximum atomic E-state index is 5.73. The number of allylic oxidation sites excluding steroid dienone is 1. The number of benzene rings is 1. The van der Waals surface area contributed by atoms with Crippen LogP contribution in [0.25, 0.3) is 11.3 Å². The first-order valence-corrected chi connectivity index (χ1v) is 6.07. The van der Waals surface area contributed by atoms with Crippen molar-refractivity contribution in [3.05, 3.63) is 42.1 Å². The highest BCUT2D eigenvalue weighted by Gasteiger charge is 2.14. The summed E-state index contributed by atoms with van der Waals surface area (Å²) >= 11 is 0. The van der Waals surface area contributed by atoms with Gasteiger partial charge in [0.15, 0.2) is 0 Å². The molecule has 100 valence electrons. The molecular weight excluding hydrogens is 240 g/mol. The van der Waals surface area contributed by atoms with Crippen LogP contribution in [0.15, 0.2) is 36.4 Å². The van der Waals surface area contributed by atoms with Crippen molar-refractivity contribution in [2.24, 2.45) is 5.73 Å². The second kappa shape index (κ2) is 5.67. The van der Waals surface area contributed by atoms with Crippen LogP contribution < -0.4 is 10.5 Å². The van der Waals surface area contributed by atoms with Gasteiger partial charge < -0.3 is 10.5 Å². The van der Waals surface area contributed by atoms with Crippen molar-refractivity contribution in [1.82, 2.24) is 15.0 Å². The minimum Gasteiger partial charge on any atom is -0.497 e. The highest BCUT2D eigenvalue weighted by molar-refractivity contribution is 5.63. The largest absolute Gasteiger partial charge is 0.497 e. The van der Waals surface area contributed by atoms with Gasteiger partial charge in [-0.05, 0) is 19.1 Å². The van der Waals surface area contributed by atoms with E-state index in [0.29, 0.717) is 13.1 Å². The lowest BCUT2D eigenvalue weighted by Gasteiger charge is -2.09. The molecule has 0 radical (unpaired) electrons. The fourth-order valence-corrected chi connectivity index (χ4v) is 1.94. The van der Waals surface area contributed by atoms with Crippen LogP contribution in [0.2, 0.25) is 0 Å². The predicted octanol–water partition coefficient (Wildman–Crippen LogP) is 1.99. The fraction of sp³-hybridized carbons (Fsp3) is 0.286. The van der Waals surface area contributed by atoms with Crippen LogP contribution >= 0.6 is 0 Å². The summed E-state index contributed by atoms with van der Waals surface area (Å²) in [7, 11) is 1.65. The molecule has 0 aliphatic heterocycles. The molecule has 2 aromatic rings. The second-order valence-corrected chi connectivity index (χ2v) is 4.44. The number of aromatic nitrogens is 3. The maximum absolute atomic E-state index is 5.73. The third-order valence-electron chi connectivity index (χ3n) is 2.76. The van der Waals surface area contributed by atoms with Crippen LogP contribution in [0, 0.1) is 0 Å². The summed E-state index contributed by atoms with van der Waals surface area (Å²) < 4.78 is 7.07. The van der Waals surface area contributed by atoms with Gasteiger partial charge in [0.2, 0.25) is 0 Å². The highest BCUT2D eigenvalue weighted by Crippen LogP contribution is 2.26. The van der Waals surface area contributed by atoms with Crippen molar-refractivity contribution in [2.75, 3.05) is 7.11 Å².